The fraction of sp³-hybridized carbons (Fsp3) is 0.250. The number of carbonyl (C=O) groups excluding carboxylic acids is 1. The fourth-order valence-electron chi connectivity index (χ4n) is 1.94. The van der Waals surface area contributed by atoms with Crippen LogP contribution in [0.25, 0.3) is 0 Å². The van der Waals surface area contributed by atoms with E-state index in [1.54, 1.807) is 0 Å². The Morgan fingerprint density at radius 1 is 1.33 bits per heavy atom. The first-order chi connectivity index (χ1) is 10.1. The number of amides is 1. The zero-order valence-electron chi connectivity index (χ0n) is 11.0. The molecule has 0 bridgehead atoms. The molecule has 2 aromatic heterocycles. The van der Waals surface area contributed by atoms with Crippen LogP contribution in [0.2, 0.25) is 0 Å². The maximum absolute atomic E-state index is 11.9. The van der Waals surface area contributed by atoms with Crippen molar-refractivity contribution in [1.82, 2.24) is 9.99 Å². The number of nitrogens with zero attached hydrogens (tertiary/aromatic N) is 1. The monoisotopic (exact) mass is 293 g/mol. The number of pyridine rings is 1. The molecule has 3 heterocycles. The van der Waals surface area contributed by atoms with Crippen molar-refractivity contribution in [3.8, 4) is 5.75 Å². The molecule has 0 spiro atoms. The molecule has 0 radical (unpaired) electrons. The van der Waals surface area contributed by atoms with Crippen LogP contribution in [-0.2, 0) is 6.61 Å². The largest absolute Gasteiger partial charge is 0.519 e. The van der Waals surface area contributed by atoms with Crippen LogP contribution in [0, 0.1) is 6.92 Å². The molecule has 0 saturated heterocycles. The van der Waals surface area contributed by atoms with Crippen molar-refractivity contribution in [2.24, 2.45) is 0 Å². The summed E-state index contributed by atoms with van der Waals surface area (Å²) in [7, 11) is 0. The molecule has 9 heteroatoms. The molecule has 1 aliphatic heterocycles. The molecule has 1 amide bonds. The minimum atomic E-state index is -0.850. The molecule has 0 unspecified atom stereocenters. The first kappa shape index (κ1) is 13.0. The second-order valence-electron chi connectivity index (χ2n) is 4.29. The molecule has 0 atom stereocenters. The van der Waals surface area contributed by atoms with E-state index in [1.165, 1.54) is 23.9 Å². The standard InChI is InChI=1S/C12H11N3O6/c1-6-8(21-12(18)20-6)4-19-10-7(16)2-3-15-9(10)11(17)13-5-14-15/h2-3,14H,4-5H2,1H3,(H,13,17). The SMILES string of the molecule is Cc1oc(=O)oc1COc1c2n(ccc1=O)NCNC2=O. The van der Waals surface area contributed by atoms with Gasteiger partial charge in [0.2, 0.25) is 5.43 Å². The van der Waals surface area contributed by atoms with E-state index in [1.807, 2.05) is 0 Å². The third-order valence-electron chi connectivity index (χ3n) is 2.95. The van der Waals surface area contributed by atoms with Crippen molar-refractivity contribution in [2.75, 3.05) is 12.1 Å². The number of rotatable bonds is 3. The van der Waals surface area contributed by atoms with Gasteiger partial charge in [0.05, 0.1) is 0 Å². The van der Waals surface area contributed by atoms with Gasteiger partial charge in [-0.05, 0) is 6.92 Å². The summed E-state index contributed by atoms with van der Waals surface area (Å²) in [6.07, 6.45) is 1.44. The van der Waals surface area contributed by atoms with Gasteiger partial charge in [-0.15, -0.1) is 0 Å². The lowest BCUT2D eigenvalue weighted by Gasteiger charge is -2.22. The van der Waals surface area contributed by atoms with Crippen molar-refractivity contribution in [2.45, 2.75) is 13.5 Å². The lowest BCUT2D eigenvalue weighted by Crippen LogP contribution is -2.43. The summed E-state index contributed by atoms with van der Waals surface area (Å²) < 4.78 is 16.2. The van der Waals surface area contributed by atoms with Gasteiger partial charge in [-0.1, -0.05) is 0 Å². The average molecular weight is 293 g/mol. The molecule has 2 N–H and O–H groups in total. The summed E-state index contributed by atoms with van der Waals surface area (Å²) in [5.74, 6) is -1.01. The summed E-state index contributed by atoms with van der Waals surface area (Å²) in [5.41, 5.74) is 2.45. The Bertz CT molecular complexity index is 815. The van der Waals surface area contributed by atoms with Crippen LogP contribution in [0.4, 0.5) is 0 Å². The third-order valence-corrected chi connectivity index (χ3v) is 2.95. The van der Waals surface area contributed by atoms with Gasteiger partial charge >= 0.3 is 5.82 Å². The molecular formula is C12H11N3O6. The number of aryl methyl sites for hydroxylation is 1. The second-order valence-corrected chi connectivity index (χ2v) is 4.29. The van der Waals surface area contributed by atoms with E-state index in [4.69, 9.17) is 9.15 Å². The van der Waals surface area contributed by atoms with Gasteiger partial charge in [-0.3, -0.25) is 14.3 Å². The fourth-order valence-corrected chi connectivity index (χ4v) is 1.94. The minimum Gasteiger partial charge on any atom is -0.479 e. The summed E-state index contributed by atoms with van der Waals surface area (Å²) in [5, 5.41) is 2.54. The summed E-state index contributed by atoms with van der Waals surface area (Å²) in [6.45, 7) is 1.58. The van der Waals surface area contributed by atoms with Gasteiger partial charge in [0.25, 0.3) is 5.91 Å². The van der Waals surface area contributed by atoms with E-state index in [9.17, 15) is 14.4 Å². The predicted molar refractivity (Wildman–Crippen MR) is 68.7 cm³/mol. The number of hydrogen-bond donors (Lipinski definition) is 2. The Kier molecular flexibility index (Phi) is 3.01. The quantitative estimate of drug-likeness (QED) is 0.785. The molecule has 0 fully saturated rings. The smallest absolute Gasteiger partial charge is 0.479 e. The highest BCUT2D eigenvalue weighted by Crippen LogP contribution is 2.16. The van der Waals surface area contributed by atoms with Crippen molar-refractivity contribution in [3.63, 3.8) is 0 Å². The van der Waals surface area contributed by atoms with Crippen LogP contribution >= 0.6 is 0 Å². The Hall–Kier alpha value is -2.97. The van der Waals surface area contributed by atoms with Crippen molar-refractivity contribution < 1.29 is 18.4 Å². The number of fused-ring (bicyclic) bond motifs is 1. The van der Waals surface area contributed by atoms with Crippen LogP contribution in [0.5, 0.6) is 5.75 Å². The van der Waals surface area contributed by atoms with Crippen molar-refractivity contribution >= 4 is 5.91 Å². The van der Waals surface area contributed by atoms with Gasteiger partial charge in [-0.25, -0.2) is 4.79 Å². The molecule has 1 aliphatic rings. The first-order valence-corrected chi connectivity index (χ1v) is 6.06. The van der Waals surface area contributed by atoms with Gasteiger partial charge in [0.15, 0.2) is 23.0 Å². The lowest BCUT2D eigenvalue weighted by molar-refractivity contribution is 0.0928. The average Bonchev–Trinajstić information content (AvgIpc) is 2.76. The van der Waals surface area contributed by atoms with Gasteiger partial charge in [0, 0.05) is 12.3 Å². The van der Waals surface area contributed by atoms with E-state index in [-0.39, 0.29) is 36.2 Å². The molecule has 0 saturated carbocycles. The van der Waals surface area contributed by atoms with Gasteiger partial charge in [0.1, 0.15) is 13.3 Å². The van der Waals surface area contributed by atoms with Crippen LogP contribution in [0.15, 0.2) is 30.7 Å². The highest BCUT2D eigenvalue weighted by molar-refractivity contribution is 5.96. The molecule has 2 aromatic rings. The van der Waals surface area contributed by atoms with Crippen LogP contribution in [0.3, 0.4) is 0 Å². The van der Waals surface area contributed by atoms with Gasteiger partial charge in [-0.2, -0.15) is 0 Å². The summed E-state index contributed by atoms with van der Waals surface area (Å²) in [6, 6.07) is 1.27. The normalized spacial score (nSPS) is 13.3. The zero-order chi connectivity index (χ0) is 15.0. The predicted octanol–water partition coefficient (Wildman–Crippen LogP) is -0.474. The van der Waals surface area contributed by atoms with E-state index < -0.39 is 17.2 Å². The number of nitrogens with one attached hydrogen (secondary N) is 2. The van der Waals surface area contributed by atoms with Crippen molar-refractivity contribution in [3.05, 3.63) is 50.3 Å². The van der Waals surface area contributed by atoms with Crippen LogP contribution in [0.1, 0.15) is 22.0 Å². The van der Waals surface area contributed by atoms with E-state index in [0.717, 1.165) is 0 Å². The highest BCUT2D eigenvalue weighted by atomic mass is 16.6. The molecule has 21 heavy (non-hydrogen) atoms. The second kappa shape index (κ2) is 4.85. The third kappa shape index (κ3) is 2.29. The molecule has 0 aromatic carbocycles. The topological polar surface area (TPSA) is 116 Å². The Morgan fingerprint density at radius 2 is 2.14 bits per heavy atom. The maximum atomic E-state index is 11.9. The minimum absolute atomic E-state index is 0.0530. The lowest BCUT2D eigenvalue weighted by atomic mass is 10.3. The molecule has 9 nitrogen and oxygen atoms in total. The van der Waals surface area contributed by atoms with E-state index in [2.05, 4.69) is 15.2 Å². The number of carbonyl (C=O) groups is 1. The summed E-state index contributed by atoms with van der Waals surface area (Å²) in [4.78, 5) is 34.7. The number of ether oxygens (including phenoxy) is 1. The molecule has 110 valence electrons. The highest BCUT2D eigenvalue weighted by Gasteiger charge is 2.23. The Labute approximate surface area is 117 Å². The molecule has 0 aliphatic carbocycles. The van der Waals surface area contributed by atoms with E-state index in [0.29, 0.717) is 0 Å². The Morgan fingerprint density at radius 3 is 2.86 bits per heavy atom. The van der Waals surface area contributed by atoms with Crippen molar-refractivity contribution in [1.29, 1.82) is 0 Å². The zero-order valence-corrected chi connectivity index (χ0v) is 11.0. The maximum Gasteiger partial charge on any atom is 0.519 e. The van der Waals surface area contributed by atoms with Gasteiger partial charge < -0.3 is 24.3 Å². The summed E-state index contributed by atoms with van der Waals surface area (Å²) >= 11 is 0. The molecule has 3 rings (SSSR count). The van der Waals surface area contributed by atoms with Crippen LogP contribution in [-0.4, -0.2) is 17.3 Å². The number of hydrogen-bond acceptors (Lipinski definition) is 7. The Balaban J connectivity index is 1.95. The number of aromatic nitrogens is 1. The van der Waals surface area contributed by atoms with E-state index >= 15 is 0 Å². The molecular weight excluding hydrogens is 282 g/mol. The first-order valence-electron chi connectivity index (χ1n) is 6.06. The van der Waals surface area contributed by atoms with Crippen LogP contribution < -0.4 is 26.7 Å².